The summed E-state index contributed by atoms with van der Waals surface area (Å²) in [7, 11) is 0. The van der Waals surface area contributed by atoms with Gasteiger partial charge in [0.25, 0.3) is 0 Å². The zero-order valence-electron chi connectivity index (χ0n) is 13.6. The van der Waals surface area contributed by atoms with Gasteiger partial charge < -0.3 is 0 Å². The van der Waals surface area contributed by atoms with Gasteiger partial charge >= 0.3 is 0 Å². The molecule has 0 aliphatic heterocycles. The number of hydrogen-bond donors (Lipinski definition) is 0. The van der Waals surface area contributed by atoms with E-state index in [-0.39, 0.29) is 0 Å². The van der Waals surface area contributed by atoms with Crippen LogP contribution in [0.1, 0.15) is 70.9 Å². The molecule has 0 amide bonds. The topological polar surface area (TPSA) is 0 Å². The standard InChI is InChI=1S/C19H32/c1-6-19(5,14-7-8-16(2)3)15-13-18-11-9-17(4)10-12-18/h9-12,16H,6-8,13-15H2,1-5H3. The molecule has 0 spiro atoms. The molecule has 0 saturated heterocycles. The Bertz CT molecular complexity index is 347. The van der Waals surface area contributed by atoms with E-state index in [4.69, 9.17) is 0 Å². The van der Waals surface area contributed by atoms with Gasteiger partial charge in [0, 0.05) is 0 Å². The van der Waals surface area contributed by atoms with E-state index in [0.717, 1.165) is 5.92 Å². The van der Waals surface area contributed by atoms with Crippen LogP contribution in [0.2, 0.25) is 0 Å². The van der Waals surface area contributed by atoms with Gasteiger partial charge in [0.05, 0.1) is 0 Å². The van der Waals surface area contributed by atoms with Crippen LogP contribution in [0.3, 0.4) is 0 Å². The molecule has 0 heterocycles. The molecule has 1 atom stereocenters. The van der Waals surface area contributed by atoms with Crippen molar-refractivity contribution in [2.45, 2.75) is 73.1 Å². The summed E-state index contributed by atoms with van der Waals surface area (Å²) in [6.07, 6.45) is 8.00. The highest BCUT2D eigenvalue weighted by molar-refractivity contribution is 5.21. The molecule has 0 nitrogen and oxygen atoms in total. The fraction of sp³-hybridized carbons (Fsp3) is 0.684. The lowest BCUT2D eigenvalue weighted by molar-refractivity contribution is 0.247. The summed E-state index contributed by atoms with van der Waals surface area (Å²) in [5, 5.41) is 0. The summed E-state index contributed by atoms with van der Waals surface area (Å²) in [4.78, 5) is 0. The van der Waals surface area contributed by atoms with Crippen LogP contribution in [-0.2, 0) is 6.42 Å². The van der Waals surface area contributed by atoms with Crippen LogP contribution < -0.4 is 0 Å². The minimum absolute atomic E-state index is 0.528. The van der Waals surface area contributed by atoms with Crippen LogP contribution in [0.5, 0.6) is 0 Å². The Morgan fingerprint density at radius 1 is 1.05 bits per heavy atom. The van der Waals surface area contributed by atoms with Gasteiger partial charge in [-0.2, -0.15) is 0 Å². The molecular weight excluding hydrogens is 228 g/mol. The van der Waals surface area contributed by atoms with E-state index in [1.165, 1.54) is 49.7 Å². The smallest absolute Gasteiger partial charge is 0.0274 e. The van der Waals surface area contributed by atoms with Gasteiger partial charge in [0.2, 0.25) is 0 Å². The van der Waals surface area contributed by atoms with E-state index in [2.05, 4.69) is 58.9 Å². The van der Waals surface area contributed by atoms with Crippen LogP contribution in [0.25, 0.3) is 0 Å². The number of aryl methyl sites for hydroxylation is 2. The largest absolute Gasteiger partial charge is 0.0649 e. The van der Waals surface area contributed by atoms with Crippen LogP contribution in [0, 0.1) is 18.3 Å². The Hall–Kier alpha value is -0.780. The van der Waals surface area contributed by atoms with Gasteiger partial charge in [-0.25, -0.2) is 0 Å². The van der Waals surface area contributed by atoms with Gasteiger partial charge in [-0.15, -0.1) is 0 Å². The molecule has 0 radical (unpaired) electrons. The molecule has 0 aliphatic carbocycles. The van der Waals surface area contributed by atoms with Crippen molar-refractivity contribution in [3.63, 3.8) is 0 Å². The van der Waals surface area contributed by atoms with Crippen molar-refractivity contribution in [2.75, 3.05) is 0 Å². The monoisotopic (exact) mass is 260 g/mol. The summed E-state index contributed by atoms with van der Waals surface area (Å²) in [6.45, 7) is 11.6. The number of rotatable bonds is 8. The summed E-state index contributed by atoms with van der Waals surface area (Å²) in [6, 6.07) is 9.05. The molecule has 0 aliphatic rings. The zero-order valence-corrected chi connectivity index (χ0v) is 13.6. The Balaban J connectivity index is 2.44. The Morgan fingerprint density at radius 2 is 1.68 bits per heavy atom. The molecule has 1 unspecified atom stereocenters. The molecule has 0 heteroatoms. The molecule has 1 aromatic carbocycles. The number of benzene rings is 1. The lowest BCUT2D eigenvalue weighted by atomic mass is 9.77. The summed E-state index contributed by atoms with van der Waals surface area (Å²) in [5.74, 6) is 0.846. The minimum atomic E-state index is 0.528. The Labute approximate surface area is 120 Å². The molecule has 1 aromatic rings. The van der Waals surface area contributed by atoms with Crippen LogP contribution in [-0.4, -0.2) is 0 Å². The van der Waals surface area contributed by atoms with Gasteiger partial charge in [0.15, 0.2) is 0 Å². The number of hydrogen-bond acceptors (Lipinski definition) is 0. The van der Waals surface area contributed by atoms with E-state index in [1.807, 2.05) is 0 Å². The predicted octanol–water partition coefficient (Wildman–Crippen LogP) is 6.17. The first-order valence-corrected chi connectivity index (χ1v) is 8.01. The SMILES string of the molecule is CCC(C)(CCCC(C)C)CCc1ccc(C)cc1. The van der Waals surface area contributed by atoms with Crippen molar-refractivity contribution in [1.29, 1.82) is 0 Å². The Morgan fingerprint density at radius 3 is 2.21 bits per heavy atom. The molecule has 19 heavy (non-hydrogen) atoms. The van der Waals surface area contributed by atoms with Gasteiger partial charge in [0.1, 0.15) is 0 Å². The second kappa shape index (κ2) is 7.72. The minimum Gasteiger partial charge on any atom is -0.0649 e. The predicted molar refractivity (Wildman–Crippen MR) is 86.6 cm³/mol. The highest BCUT2D eigenvalue weighted by Gasteiger charge is 2.21. The van der Waals surface area contributed by atoms with Crippen molar-refractivity contribution in [1.82, 2.24) is 0 Å². The van der Waals surface area contributed by atoms with Gasteiger partial charge in [-0.3, -0.25) is 0 Å². The lowest BCUT2D eigenvalue weighted by Crippen LogP contribution is -2.16. The molecule has 0 bridgehead atoms. The van der Waals surface area contributed by atoms with E-state index in [0.29, 0.717) is 5.41 Å². The van der Waals surface area contributed by atoms with Crippen molar-refractivity contribution in [3.05, 3.63) is 35.4 Å². The third-order valence-electron chi connectivity index (χ3n) is 4.55. The van der Waals surface area contributed by atoms with Crippen molar-refractivity contribution in [2.24, 2.45) is 11.3 Å². The fourth-order valence-electron chi connectivity index (χ4n) is 2.62. The van der Waals surface area contributed by atoms with E-state index in [9.17, 15) is 0 Å². The molecule has 108 valence electrons. The third-order valence-corrected chi connectivity index (χ3v) is 4.55. The van der Waals surface area contributed by atoms with Crippen LogP contribution in [0.15, 0.2) is 24.3 Å². The quantitative estimate of drug-likeness (QED) is 0.524. The van der Waals surface area contributed by atoms with Gasteiger partial charge in [-0.05, 0) is 43.1 Å². The molecule has 0 fully saturated rings. The Kier molecular flexibility index (Phi) is 6.62. The molecule has 1 rings (SSSR count). The average Bonchev–Trinajstić information content (AvgIpc) is 2.38. The zero-order chi connectivity index (χ0) is 14.3. The highest BCUT2D eigenvalue weighted by atomic mass is 14.3. The first-order chi connectivity index (χ1) is 8.95. The summed E-state index contributed by atoms with van der Waals surface area (Å²) in [5.41, 5.74) is 3.38. The van der Waals surface area contributed by atoms with Crippen LogP contribution in [0.4, 0.5) is 0 Å². The van der Waals surface area contributed by atoms with Crippen LogP contribution >= 0.6 is 0 Å². The van der Waals surface area contributed by atoms with E-state index >= 15 is 0 Å². The maximum atomic E-state index is 2.47. The maximum Gasteiger partial charge on any atom is -0.0274 e. The van der Waals surface area contributed by atoms with Crippen molar-refractivity contribution in [3.8, 4) is 0 Å². The first-order valence-electron chi connectivity index (χ1n) is 8.01. The normalized spacial score (nSPS) is 14.6. The lowest BCUT2D eigenvalue weighted by Gasteiger charge is -2.29. The first kappa shape index (κ1) is 16.3. The summed E-state index contributed by atoms with van der Waals surface area (Å²) >= 11 is 0. The molecule has 0 N–H and O–H groups in total. The maximum absolute atomic E-state index is 2.47. The highest BCUT2D eigenvalue weighted by Crippen LogP contribution is 2.34. The fourth-order valence-corrected chi connectivity index (χ4v) is 2.62. The van der Waals surface area contributed by atoms with E-state index in [1.54, 1.807) is 0 Å². The van der Waals surface area contributed by atoms with Gasteiger partial charge in [-0.1, -0.05) is 76.8 Å². The third kappa shape index (κ3) is 6.27. The average molecular weight is 260 g/mol. The van der Waals surface area contributed by atoms with E-state index < -0.39 is 0 Å². The molecule has 0 saturated carbocycles. The van der Waals surface area contributed by atoms with Crippen molar-refractivity contribution < 1.29 is 0 Å². The second-order valence-electron chi connectivity index (χ2n) is 6.94. The summed E-state index contributed by atoms with van der Waals surface area (Å²) < 4.78 is 0. The molecule has 0 aromatic heterocycles. The second-order valence-corrected chi connectivity index (χ2v) is 6.94. The van der Waals surface area contributed by atoms with Crippen molar-refractivity contribution >= 4 is 0 Å². The molecular formula is C19H32.